The van der Waals surface area contributed by atoms with Gasteiger partial charge >= 0.3 is 0 Å². The maximum absolute atomic E-state index is 5.58. The highest BCUT2D eigenvalue weighted by Crippen LogP contribution is 2.15. The topological polar surface area (TPSA) is 36.9 Å². The molecule has 15 heavy (non-hydrogen) atoms. The predicted molar refractivity (Wildman–Crippen MR) is 56.5 cm³/mol. The van der Waals surface area contributed by atoms with Gasteiger partial charge in [0.2, 0.25) is 0 Å². The Hall–Kier alpha value is -0.580. The molecule has 0 radical (unpaired) electrons. The van der Waals surface area contributed by atoms with Crippen LogP contribution in [0.4, 0.5) is 0 Å². The zero-order chi connectivity index (χ0) is 10.9. The summed E-state index contributed by atoms with van der Waals surface area (Å²) in [6.07, 6.45) is 5.95. The lowest BCUT2D eigenvalue weighted by molar-refractivity contribution is -0.127. The number of hydrogen-bond acceptors (Lipinski definition) is 4. The van der Waals surface area contributed by atoms with Crippen LogP contribution in [-0.2, 0) is 18.9 Å². The first kappa shape index (κ1) is 12.5. The summed E-state index contributed by atoms with van der Waals surface area (Å²) < 4.78 is 21.1. The van der Waals surface area contributed by atoms with Gasteiger partial charge in [0, 0.05) is 7.11 Å². The molecule has 0 amide bonds. The molecule has 0 aromatic carbocycles. The molecule has 4 heteroatoms. The molecule has 0 aromatic rings. The van der Waals surface area contributed by atoms with Crippen molar-refractivity contribution in [2.24, 2.45) is 0 Å². The Labute approximate surface area is 91.1 Å². The average Bonchev–Trinajstić information content (AvgIpc) is 2.44. The van der Waals surface area contributed by atoms with Crippen molar-refractivity contribution in [3.8, 4) is 0 Å². The van der Waals surface area contributed by atoms with Crippen LogP contribution in [0.1, 0.15) is 19.8 Å². The van der Waals surface area contributed by atoms with Crippen LogP contribution in [0.15, 0.2) is 12.3 Å². The summed E-state index contributed by atoms with van der Waals surface area (Å²) in [4.78, 5) is 0. The number of ether oxygens (including phenoxy) is 4. The monoisotopic (exact) mass is 216 g/mol. The van der Waals surface area contributed by atoms with Crippen LogP contribution in [0.3, 0.4) is 0 Å². The van der Waals surface area contributed by atoms with E-state index in [9.17, 15) is 0 Å². The van der Waals surface area contributed by atoms with Gasteiger partial charge in [-0.3, -0.25) is 0 Å². The van der Waals surface area contributed by atoms with Crippen LogP contribution < -0.4 is 0 Å². The zero-order valence-electron chi connectivity index (χ0n) is 9.48. The standard InChI is InChI=1S/C11H20O4/c1-10-11(5-3-4-6-14-10)15-9-13-8-7-12-2/h4,6,10-11H,3,5,7-9H2,1-2H3. The Kier molecular flexibility index (Phi) is 6.39. The van der Waals surface area contributed by atoms with Crippen molar-refractivity contribution in [3.05, 3.63) is 12.3 Å². The second-order valence-electron chi connectivity index (χ2n) is 3.51. The Morgan fingerprint density at radius 2 is 2.27 bits per heavy atom. The molecule has 1 aliphatic heterocycles. The molecule has 0 bridgehead atoms. The van der Waals surface area contributed by atoms with Crippen LogP contribution in [0.25, 0.3) is 0 Å². The highest BCUT2D eigenvalue weighted by atomic mass is 16.7. The van der Waals surface area contributed by atoms with E-state index in [4.69, 9.17) is 18.9 Å². The Morgan fingerprint density at radius 3 is 3.07 bits per heavy atom. The van der Waals surface area contributed by atoms with Gasteiger partial charge < -0.3 is 18.9 Å². The van der Waals surface area contributed by atoms with E-state index in [0.717, 1.165) is 12.8 Å². The molecule has 0 spiro atoms. The van der Waals surface area contributed by atoms with Crippen LogP contribution in [-0.4, -0.2) is 39.3 Å². The quantitative estimate of drug-likeness (QED) is 0.500. The van der Waals surface area contributed by atoms with E-state index >= 15 is 0 Å². The molecule has 0 aliphatic carbocycles. The van der Waals surface area contributed by atoms with Gasteiger partial charge in [0.1, 0.15) is 12.9 Å². The molecule has 0 N–H and O–H groups in total. The van der Waals surface area contributed by atoms with Crippen molar-refractivity contribution in [1.29, 1.82) is 0 Å². The third-order valence-corrected chi connectivity index (χ3v) is 2.33. The Balaban J connectivity index is 2.08. The molecule has 0 aromatic heterocycles. The molecular formula is C11H20O4. The van der Waals surface area contributed by atoms with Crippen LogP contribution in [0, 0.1) is 0 Å². The molecule has 0 fully saturated rings. The summed E-state index contributed by atoms with van der Waals surface area (Å²) in [6, 6.07) is 0. The minimum absolute atomic E-state index is 0.0924. The summed E-state index contributed by atoms with van der Waals surface area (Å²) in [6.45, 7) is 3.48. The minimum Gasteiger partial charge on any atom is -0.496 e. The van der Waals surface area contributed by atoms with E-state index in [1.54, 1.807) is 13.4 Å². The molecule has 0 saturated carbocycles. The lowest BCUT2D eigenvalue weighted by atomic mass is 10.1. The molecule has 88 valence electrons. The molecular weight excluding hydrogens is 196 g/mol. The van der Waals surface area contributed by atoms with E-state index in [-0.39, 0.29) is 12.2 Å². The first-order valence-electron chi connectivity index (χ1n) is 5.33. The third-order valence-electron chi connectivity index (χ3n) is 2.33. The highest BCUT2D eigenvalue weighted by molar-refractivity contribution is 4.83. The molecule has 0 saturated heterocycles. The van der Waals surface area contributed by atoms with E-state index in [0.29, 0.717) is 20.0 Å². The summed E-state index contributed by atoms with van der Waals surface area (Å²) in [5.74, 6) is 0. The van der Waals surface area contributed by atoms with Crippen molar-refractivity contribution in [1.82, 2.24) is 0 Å². The molecule has 1 aliphatic rings. The minimum atomic E-state index is 0.0924. The van der Waals surface area contributed by atoms with E-state index in [1.807, 2.05) is 13.0 Å². The SMILES string of the molecule is COCCOCOC1CCC=COC1C. The summed E-state index contributed by atoms with van der Waals surface area (Å²) in [5.41, 5.74) is 0. The number of rotatable bonds is 6. The van der Waals surface area contributed by atoms with Gasteiger partial charge in [0.05, 0.1) is 25.6 Å². The normalized spacial score (nSPS) is 26.0. The van der Waals surface area contributed by atoms with Crippen molar-refractivity contribution < 1.29 is 18.9 Å². The van der Waals surface area contributed by atoms with Crippen molar-refractivity contribution >= 4 is 0 Å². The maximum Gasteiger partial charge on any atom is 0.147 e. The van der Waals surface area contributed by atoms with Gasteiger partial charge in [0.15, 0.2) is 0 Å². The van der Waals surface area contributed by atoms with Crippen LogP contribution in [0.2, 0.25) is 0 Å². The fourth-order valence-corrected chi connectivity index (χ4v) is 1.39. The van der Waals surface area contributed by atoms with Crippen molar-refractivity contribution in [2.45, 2.75) is 32.0 Å². The second kappa shape index (κ2) is 7.68. The Morgan fingerprint density at radius 1 is 1.40 bits per heavy atom. The Bertz CT molecular complexity index is 181. The van der Waals surface area contributed by atoms with E-state index in [1.165, 1.54) is 0 Å². The highest BCUT2D eigenvalue weighted by Gasteiger charge is 2.19. The second-order valence-corrected chi connectivity index (χ2v) is 3.51. The molecule has 1 rings (SSSR count). The fraction of sp³-hybridized carbons (Fsp3) is 0.818. The maximum atomic E-state index is 5.58. The summed E-state index contributed by atoms with van der Waals surface area (Å²) in [7, 11) is 1.65. The van der Waals surface area contributed by atoms with Crippen LogP contribution >= 0.6 is 0 Å². The largest absolute Gasteiger partial charge is 0.496 e. The predicted octanol–water partition coefficient (Wildman–Crippen LogP) is 1.70. The van der Waals surface area contributed by atoms with Gasteiger partial charge in [-0.05, 0) is 25.8 Å². The van der Waals surface area contributed by atoms with Gasteiger partial charge in [0.25, 0.3) is 0 Å². The lowest BCUT2D eigenvalue weighted by Gasteiger charge is -2.21. The van der Waals surface area contributed by atoms with Crippen molar-refractivity contribution in [2.75, 3.05) is 27.1 Å². The zero-order valence-corrected chi connectivity index (χ0v) is 9.48. The molecule has 2 unspecified atom stereocenters. The van der Waals surface area contributed by atoms with Crippen LogP contribution in [0.5, 0.6) is 0 Å². The first-order valence-corrected chi connectivity index (χ1v) is 5.33. The van der Waals surface area contributed by atoms with Gasteiger partial charge in [-0.15, -0.1) is 0 Å². The van der Waals surface area contributed by atoms with E-state index in [2.05, 4.69) is 0 Å². The summed E-state index contributed by atoms with van der Waals surface area (Å²) in [5, 5.41) is 0. The van der Waals surface area contributed by atoms with E-state index < -0.39 is 0 Å². The fourth-order valence-electron chi connectivity index (χ4n) is 1.39. The third kappa shape index (κ3) is 5.16. The number of hydrogen-bond donors (Lipinski definition) is 0. The average molecular weight is 216 g/mol. The molecule has 4 nitrogen and oxygen atoms in total. The lowest BCUT2D eigenvalue weighted by Crippen LogP contribution is -2.28. The van der Waals surface area contributed by atoms with Gasteiger partial charge in [-0.2, -0.15) is 0 Å². The number of allylic oxidation sites excluding steroid dienone is 1. The van der Waals surface area contributed by atoms with Gasteiger partial charge in [-0.25, -0.2) is 0 Å². The van der Waals surface area contributed by atoms with Gasteiger partial charge in [-0.1, -0.05) is 0 Å². The van der Waals surface area contributed by atoms with Crippen molar-refractivity contribution in [3.63, 3.8) is 0 Å². The number of methoxy groups -OCH3 is 1. The smallest absolute Gasteiger partial charge is 0.147 e. The first-order chi connectivity index (χ1) is 7.34. The molecule has 1 heterocycles. The molecule has 2 atom stereocenters. The summed E-state index contributed by atoms with van der Waals surface area (Å²) >= 11 is 0.